The fourth-order valence-corrected chi connectivity index (χ4v) is 7.10. The zero-order valence-corrected chi connectivity index (χ0v) is 40.0. The van der Waals surface area contributed by atoms with E-state index in [1.807, 2.05) is 167 Å². The van der Waals surface area contributed by atoms with Gasteiger partial charge in [0, 0.05) is 12.1 Å². The van der Waals surface area contributed by atoms with Crippen molar-refractivity contribution in [3.05, 3.63) is 202 Å². The Morgan fingerprint density at radius 3 is 1.09 bits per heavy atom. The van der Waals surface area contributed by atoms with Crippen molar-refractivity contribution < 1.29 is 27.9 Å². The molecule has 0 saturated carbocycles. The highest BCUT2D eigenvalue weighted by Crippen LogP contribution is 2.26. The summed E-state index contributed by atoms with van der Waals surface area (Å²) in [4.78, 5) is 4.58. The highest BCUT2D eigenvalue weighted by atomic mass is 16.4. The number of aliphatic hydroxyl groups excluding tert-OH is 2. The van der Waals surface area contributed by atoms with Gasteiger partial charge in [0.05, 0.1) is 37.4 Å². The third-order valence-corrected chi connectivity index (χ3v) is 11.1. The van der Waals surface area contributed by atoms with Crippen molar-refractivity contribution in [3.8, 4) is 0 Å². The van der Waals surface area contributed by atoms with Gasteiger partial charge in [-0.25, -0.2) is 0 Å². The van der Waals surface area contributed by atoms with Gasteiger partial charge in [-0.1, -0.05) is 155 Å². The van der Waals surface area contributed by atoms with E-state index in [1.54, 1.807) is 0 Å². The van der Waals surface area contributed by atoms with Crippen LogP contribution in [-0.4, -0.2) is 29.6 Å². The average molecular weight is 948 g/mol. The second-order valence-corrected chi connectivity index (χ2v) is 16.3. The van der Waals surface area contributed by atoms with Gasteiger partial charge in [0.25, 0.3) is 0 Å². The normalized spacial score (nSPS) is 13.0. The van der Waals surface area contributed by atoms with Crippen LogP contribution in [0.25, 0.3) is 0 Å². The van der Waals surface area contributed by atoms with E-state index in [0.29, 0.717) is 5.92 Å². The molecule has 4 heterocycles. The number of nitrogens with zero attached hydrogens (tertiary/aromatic N) is 1. The van der Waals surface area contributed by atoms with Crippen LogP contribution < -0.4 is 10.6 Å². The molecule has 4 aromatic heterocycles. The van der Waals surface area contributed by atoms with Gasteiger partial charge in [0.2, 0.25) is 0 Å². The van der Waals surface area contributed by atoms with Gasteiger partial charge in [-0.3, -0.25) is 15.6 Å². The summed E-state index contributed by atoms with van der Waals surface area (Å²) < 4.78 is 22.4. The molecule has 0 aliphatic carbocycles. The molecule has 0 amide bonds. The second-order valence-electron chi connectivity index (χ2n) is 16.3. The lowest BCUT2D eigenvalue weighted by Gasteiger charge is -2.22. The Balaban J connectivity index is 0.000000895. The Morgan fingerprint density at radius 1 is 0.435 bits per heavy atom. The van der Waals surface area contributed by atoms with Crippen LogP contribution in [-0.2, 0) is 0 Å². The Morgan fingerprint density at radius 2 is 0.783 bits per heavy atom. The second kappa shape index (κ2) is 34.6. The number of nitrogens with one attached hydrogen (secondary N) is 2. The van der Waals surface area contributed by atoms with Gasteiger partial charge in [-0.15, -0.1) is 0 Å². The molecule has 0 unspecified atom stereocenters. The summed E-state index contributed by atoms with van der Waals surface area (Å²) in [5.41, 5.74) is 3.30. The van der Waals surface area contributed by atoms with Gasteiger partial charge >= 0.3 is 0 Å². The lowest BCUT2D eigenvalue weighted by molar-refractivity contribution is 0.225. The highest BCUT2D eigenvalue weighted by molar-refractivity contribution is 5.79. The van der Waals surface area contributed by atoms with Crippen LogP contribution in [0.4, 0.5) is 0 Å². The first-order chi connectivity index (χ1) is 31.5. The molecule has 380 valence electrons. The summed E-state index contributed by atoms with van der Waals surface area (Å²) in [7, 11) is 0. The van der Waals surface area contributed by atoms with Crippen molar-refractivity contribution in [1.29, 1.82) is 0 Å². The van der Waals surface area contributed by atoms with Gasteiger partial charge < -0.3 is 27.9 Å². The lowest BCUT2D eigenvalue weighted by Crippen LogP contribution is -2.28. The molecule has 0 fully saturated rings. The molecule has 0 saturated heterocycles. The number of hydrogen-bond donors (Lipinski definition) is 4. The van der Waals surface area contributed by atoms with E-state index in [4.69, 9.17) is 17.7 Å². The standard InChI is InChI=1S/2C16H21NO2.C15H17NO.C9H14O.4CH4/c2*1-3-14(16-10-9-12(2)19-16)17-15(11-18)13-7-5-4-6-8-13;1-3-14(15-10-9-12(2)17-15)16-11-13-7-5-4-6-8-13;1-4-7(2)9-6-5-8(3)10-9;;;;/h2*4-10,14-15,17-18H,3,11H2,1-2H3;4-11,14H,3H2,1-2H3;5-7H,4H2,1-3H3;4*1H4/t2*14-,15+;14-;7-;;;;/m1111..../s1. The Labute approximate surface area is 417 Å². The fourth-order valence-electron chi connectivity index (χ4n) is 7.10. The van der Waals surface area contributed by atoms with E-state index in [-0.39, 0.29) is 73.1 Å². The van der Waals surface area contributed by atoms with Crippen molar-refractivity contribution in [2.45, 2.75) is 154 Å². The van der Waals surface area contributed by atoms with Crippen LogP contribution in [0.2, 0.25) is 0 Å². The monoisotopic (exact) mass is 948 g/mol. The van der Waals surface area contributed by atoms with Crippen molar-refractivity contribution in [2.75, 3.05) is 13.2 Å². The molecular weight excluding hydrogens is 859 g/mol. The van der Waals surface area contributed by atoms with E-state index in [1.165, 1.54) is 0 Å². The molecule has 3 aromatic carbocycles. The van der Waals surface area contributed by atoms with Crippen LogP contribution in [0.3, 0.4) is 0 Å². The third kappa shape index (κ3) is 21.2. The van der Waals surface area contributed by atoms with Crippen molar-refractivity contribution in [2.24, 2.45) is 4.99 Å². The van der Waals surface area contributed by atoms with Crippen molar-refractivity contribution in [1.82, 2.24) is 10.6 Å². The summed E-state index contributed by atoms with van der Waals surface area (Å²) in [6.45, 7) is 18.6. The molecule has 7 aromatic rings. The number of furan rings is 4. The zero-order chi connectivity index (χ0) is 47.0. The summed E-state index contributed by atoms with van der Waals surface area (Å²) in [5, 5.41) is 26.1. The van der Waals surface area contributed by atoms with Crippen molar-refractivity contribution in [3.63, 3.8) is 0 Å². The summed E-state index contributed by atoms with van der Waals surface area (Å²) in [6.07, 6.45) is 5.82. The first-order valence-electron chi connectivity index (χ1n) is 23.2. The zero-order valence-electron chi connectivity index (χ0n) is 40.0. The molecule has 0 aliphatic heterocycles. The number of hydrogen-bond acceptors (Lipinski definition) is 9. The summed E-state index contributed by atoms with van der Waals surface area (Å²) in [6, 6.07) is 46.3. The minimum absolute atomic E-state index is 0. The van der Waals surface area contributed by atoms with Crippen LogP contribution in [0.5, 0.6) is 0 Å². The molecule has 9 nitrogen and oxygen atoms in total. The van der Waals surface area contributed by atoms with Crippen LogP contribution >= 0.6 is 0 Å². The SMILES string of the molecule is C.C.C.C.CC[C@@H](C)c1ccc(C)o1.CC[C@@H](N=Cc1ccccc1)c1ccc(C)o1.CC[C@@H](N[C@@H](CO)c1ccccc1)c1ccc(C)o1.CC[C@@H](N[C@@H](CO)c1ccccc1)c1ccc(C)o1. The van der Waals surface area contributed by atoms with Gasteiger partial charge in [0.1, 0.15) is 52.1 Å². The molecule has 6 atom stereocenters. The molecule has 9 heteroatoms. The minimum Gasteiger partial charge on any atom is -0.466 e. The number of rotatable bonds is 18. The van der Waals surface area contributed by atoms with Crippen molar-refractivity contribution >= 4 is 6.21 Å². The molecule has 7 rings (SSSR count). The first-order valence-corrected chi connectivity index (χ1v) is 23.2. The maximum atomic E-state index is 9.58. The predicted molar refractivity (Wildman–Crippen MR) is 291 cm³/mol. The lowest BCUT2D eigenvalue weighted by atomic mass is 10.0. The molecule has 0 aliphatic rings. The highest BCUT2D eigenvalue weighted by Gasteiger charge is 2.20. The Kier molecular flexibility index (Phi) is 31.7. The van der Waals surface area contributed by atoms with E-state index in [9.17, 15) is 10.2 Å². The van der Waals surface area contributed by atoms with E-state index < -0.39 is 0 Å². The van der Waals surface area contributed by atoms with E-state index in [2.05, 4.69) is 56.3 Å². The van der Waals surface area contributed by atoms with Crippen LogP contribution in [0.1, 0.15) is 189 Å². The minimum atomic E-state index is -0.0726. The molecule has 0 spiro atoms. The first kappa shape index (κ1) is 63.3. The summed E-state index contributed by atoms with van der Waals surface area (Å²) >= 11 is 0. The molecule has 4 N–H and O–H groups in total. The number of aryl methyl sites for hydroxylation is 4. The molecule has 69 heavy (non-hydrogen) atoms. The van der Waals surface area contributed by atoms with E-state index in [0.717, 1.165) is 88.5 Å². The quantitative estimate of drug-likeness (QED) is 0.0626. The maximum Gasteiger partial charge on any atom is 0.128 e. The maximum absolute atomic E-state index is 9.58. The Hall–Kier alpha value is -5.71. The van der Waals surface area contributed by atoms with Crippen LogP contribution in [0.15, 0.2) is 162 Å². The fraction of sp³-hybridized carbons (Fsp3) is 0.417. The van der Waals surface area contributed by atoms with Gasteiger partial charge in [0.15, 0.2) is 0 Å². The largest absolute Gasteiger partial charge is 0.466 e. The topological polar surface area (TPSA) is 129 Å². The number of aliphatic hydroxyl groups is 2. The smallest absolute Gasteiger partial charge is 0.128 e. The van der Waals surface area contributed by atoms with Gasteiger partial charge in [-0.2, -0.15) is 0 Å². The predicted octanol–water partition coefficient (Wildman–Crippen LogP) is 16.5. The average Bonchev–Trinajstić information content (AvgIpc) is 4.18. The summed E-state index contributed by atoms with van der Waals surface area (Å²) in [5.74, 6) is 8.24. The molecule has 0 radical (unpaired) electrons. The number of benzene rings is 3. The third-order valence-electron chi connectivity index (χ3n) is 11.1. The van der Waals surface area contributed by atoms with E-state index >= 15 is 0 Å². The molecule has 0 bridgehead atoms. The number of aliphatic imine (C=N–C) groups is 1. The molecular formula is C60H89N3O6. The van der Waals surface area contributed by atoms with Crippen LogP contribution in [0, 0.1) is 27.7 Å². The van der Waals surface area contributed by atoms with Gasteiger partial charge in [-0.05, 0) is 119 Å². The Bertz CT molecular complexity index is 2220.